The van der Waals surface area contributed by atoms with Crippen LogP contribution in [0.1, 0.15) is 38.1 Å². The summed E-state index contributed by atoms with van der Waals surface area (Å²) in [5, 5.41) is 9.74. The summed E-state index contributed by atoms with van der Waals surface area (Å²) >= 11 is 0. The second-order valence-corrected chi connectivity index (χ2v) is 9.41. The first-order valence-corrected chi connectivity index (χ1v) is 11.3. The maximum atomic E-state index is 12.4. The predicted molar refractivity (Wildman–Crippen MR) is 110 cm³/mol. The number of pyridine rings is 1. The molecule has 0 aliphatic carbocycles. The minimum atomic E-state index is -3.25. The Hall–Kier alpha value is -2.95. The standard InChI is InChI=1S/C18H24N4O4S.CH2O2/c1-13(2)18-19-7-10-22(18)15-12-27(25,26)11-14(15)20-16(23)6-9-21-8-4-3-5-17(21)24;2-1-3/h3-5,7-8,10,13-15H,6,9,11-12H2,1-2H3,(H,20,23);1H,(H,2,3)/t14-,15-;/m1./s1. The number of hydrogen-bond donors (Lipinski definition) is 2. The topological polar surface area (TPSA) is 140 Å². The van der Waals surface area contributed by atoms with Gasteiger partial charge in [-0.15, -0.1) is 0 Å². The van der Waals surface area contributed by atoms with Gasteiger partial charge in [-0.3, -0.25) is 14.4 Å². The highest BCUT2D eigenvalue weighted by atomic mass is 32.2. The number of nitrogens with zero attached hydrogens (tertiary/aromatic N) is 3. The van der Waals surface area contributed by atoms with Gasteiger partial charge in [0.15, 0.2) is 9.84 Å². The largest absolute Gasteiger partial charge is 0.483 e. The average molecular weight is 439 g/mol. The number of carbonyl (C=O) groups is 2. The van der Waals surface area contributed by atoms with E-state index in [0.29, 0.717) is 0 Å². The van der Waals surface area contributed by atoms with E-state index in [0.717, 1.165) is 5.82 Å². The fourth-order valence-corrected chi connectivity index (χ4v) is 5.34. The summed E-state index contributed by atoms with van der Waals surface area (Å²) in [5.74, 6) is 0.553. The monoisotopic (exact) mass is 438 g/mol. The third-order valence-corrected chi connectivity index (χ3v) is 6.44. The van der Waals surface area contributed by atoms with Gasteiger partial charge in [0.25, 0.3) is 12.0 Å². The predicted octanol–water partition coefficient (Wildman–Crippen LogP) is 0.414. The lowest BCUT2D eigenvalue weighted by atomic mass is 10.1. The van der Waals surface area contributed by atoms with Crippen molar-refractivity contribution in [2.75, 3.05) is 11.5 Å². The Bertz CT molecular complexity index is 1030. The van der Waals surface area contributed by atoms with E-state index in [1.165, 1.54) is 10.6 Å². The van der Waals surface area contributed by atoms with Crippen LogP contribution in [-0.2, 0) is 26.0 Å². The van der Waals surface area contributed by atoms with Gasteiger partial charge in [0, 0.05) is 43.5 Å². The number of aryl methyl sites for hydroxylation is 1. The molecule has 1 saturated heterocycles. The zero-order valence-electron chi connectivity index (χ0n) is 16.8. The molecular weight excluding hydrogens is 412 g/mol. The molecule has 0 radical (unpaired) electrons. The van der Waals surface area contributed by atoms with Crippen molar-refractivity contribution in [1.29, 1.82) is 0 Å². The van der Waals surface area contributed by atoms with E-state index in [2.05, 4.69) is 10.3 Å². The van der Waals surface area contributed by atoms with Crippen LogP contribution < -0.4 is 10.9 Å². The normalized spacial score (nSPS) is 19.7. The Morgan fingerprint density at radius 3 is 2.67 bits per heavy atom. The molecule has 3 heterocycles. The quantitative estimate of drug-likeness (QED) is 0.623. The molecular formula is C19H26N4O6S. The summed E-state index contributed by atoms with van der Waals surface area (Å²) < 4.78 is 27.7. The maximum Gasteiger partial charge on any atom is 0.290 e. The summed E-state index contributed by atoms with van der Waals surface area (Å²) in [4.78, 5) is 36.8. The van der Waals surface area contributed by atoms with Gasteiger partial charge in [0.1, 0.15) is 5.82 Å². The first-order valence-electron chi connectivity index (χ1n) is 9.44. The van der Waals surface area contributed by atoms with E-state index in [1.54, 1.807) is 30.7 Å². The highest BCUT2D eigenvalue weighted by Crippen LogP contribution is 2.27. The molecule has 10 nitrogen and oxygen atoms in total. The van der Waals surface area contributed by atoms with E-state index < -0.39 is 15.9 Å². The van der Waals surface area contributed by atoms with Crippen molar-refractivity contribution in [3.05, 3.63) is 53.0 Å². The van der Waals surface area contributed by atoms with Gasteiger partial charge >= 0.3 is 0 Å². The zero-order valence-corrected chi connectivity index (χ0v) is 17.7. The van der Waals surface area contributed by atoms with Gasteiger partial charge in [-0.2, -0.15) is 0 Å². The molecule has 1 aliphatic heterocycles. The molecule has 2 aromatic rings. The zero-order chi connectivity index (χ0) is 22.3. The molecule has 0 aromatic carbocycles. The summed E-state index contributed by atoms with van der Waals surface area (Å²) in [5.41, 5.74) is -0.174. The third-order valence-electron chi connectivity index (χ3n) is 4.72. The number of carboxylic acid groups (broad SMARTS) is 1. The van der Waals surface area contributed by atoms with Crippen molar-refractivity contribution in [2.45, 2.75) is 44.8 Å². The second-order valence-electron chi connectivity index (χ2n) is 7.25. The Morgan fingerprint density at radius 1 is 1.33 bits per heavy atom. The van der Waals surface area contributed by atoms with E-state index >= 15 is 0 Å². The van der Waals surface area contributed by atoms with Crippen LogP contribution in [0, 0.1) is 0 Å². The smallest absolute Gasteiger partial charge is 0.290 e. The molecule has 1 fully saturated rings. The molecule has 2 aromatic heterocycles. The van der Waals surface area contributed by atoms with Gasteiger partial charge in [0.05, 0.1) is 23.6 Å². The molecule has 2 atom stereocenters. The molecule has 1 aliphatic rings. The molecule has 0 unspecified atom stereocenters. The highest BCUT2D eigenvalue weighted by Gasteiger charge is 2.40. The minimum Gasteiger partial charge on any atom is -0.483 e. The molecule has 2 N–H and O–H groups in total. The lowest BCUT2D eigenvalue weighted by Crippen LogP contribution is -2.41. The third kappa shape index (κ3) is 6.02. The molecule has 164 valence electrons. The van der Waals surface area contributed by atoms with Gasteiger partial charge in [-0.05, 0) is 6.07 Å². The number of aromatic nitrogens is 3. The number of amides is 1. The van der Waals surface area contributed by atoms with Gasteiger partial charge in [-0.1, -0.05) is 19.9 Å². The Kier molecular flexibility index (Phi) is 7.93. The van der Waals surface area contributed by atoms with Crippen molar-refractivity contribution >= 4 is 22.2 Å². The fraction of sp³-hybridized carbons (Fsp3) is 0.474. The molecule has 30 heavy (non-hydrogen) atoms. The van der Waals surface area contributed by atoms with Crippen molar-refractivity contribution in [2.24, 2.45) is 0 Å². The fourth-order valence-electron chi connectivity index (χ4n) is 3.44. The van der Waals surface area contributed by atoms with E-state index in [9.17, 15) is 18.0 Å². The number of hydrogen-bond acceptors (Lipinski definition) is 6. The summed E-state index contributed by atoms with van der Waals surface area (Å²) in [6.45, 7) is 3.99. The molecule has 0 spiro atoms. The van der Waals surface area contributed by atoms with Crippen LogP contribution in [0.25, 0.3) is 0 Å². The van der Waals surface area contributed by atoms with Gasteiger partial charge in [-0.25, -0.2) is 13.4 Å². The molecule has 0 bridgehead atoms. The summed E-state index contributed by atoms with van der Waals surface area (Å²) in [7, 11) is -3.25. The summed E-state index contributed by atoms with van der Waals surface area (Å²) in [6, 6.07) is 3.92. The van der Waals surface area contributed by atoms with Crippen molar-refractivity contribution in [3.8, 4) is 0 Å². The van der Waals surface area contributed by atoms with Crippen molar-refractivity contribution in [1.82, 2.24) is 19.4 Å². The van der Waals surface area contributed by atoms with Crippen LogP contribution >= 0.6 is 0 Å². The van der Waals surface area contributed by atoms with E-state index in [1.807, 2.05) is 18.4 Å². The van der Waals surface area contributed by atoms with Crippen LogP contribution in [0.2, 0.25) is 0 Å². The Labute approximate surface area is 174 Å². The first-order chi connectivity index (χ1) is 14.2. The lowest BCUT2D eigenvalue weighted by molar-refractivity contribution is -0.123. The minimum absolute atomic E-state index is 0.0217. The van der Waals surface area contributed by atoms with Gasteiger partial charge in [0.2, 0.25) is 5.91 Å². The van der Waals surface area contributed by atoms with Crippen LogP contribution in [-0.4, -0.2) is 57.6 Å². The summed E-state index contributed by atoms with van der Waals surface area (Å²) in [6.07, 6.45) is 5.15. The SMILES string of the molecule is CC(C)c1nccn1[C@@H]1CS(=O)(=O)C[C@H]1NC(=O)CCn1ccccc1=O.O=CO. The number of imidazole rings is 1. The van der Waals surface area contributed by atoms with Crippen LogP contribution in [0.5, 0.6) is 0 Å². The van der Waals surface area contributed by atoms with Crippen LogP contribution in [0.15, 0.2) is 41.6 Å². The molecule has 11 heteroatoms. The van der Waals surface area contributed by atoms with Crippen molar-refractivity contribution in [3.63, 3.8) is 0 Å². The van der Waals surface area contributed by atoms with Gasteiger partial charge < -0.3 is 19.6 Å². The first kappa shape index (κ1) is 23.3. The number of carbonyl (C=O) groups excluding carboxylic acids is 1. The van der Waals surface area contributed by atoms with Crippen molar-refractivity contribution < 1.29 is 23.1 Å². The van der Waals surface area contributed by atoms with Crippen LogP contribution in [0.3, 0.4) is 0 Å². The van der Waals surface area contributed by atoms with E-state index in [-0.39, 0.29) is 54.4 Å². The lowest BCUT2D eigenvalue weighted by Gasteiger charge is -2.23. The Balaban J connectivity index is 0.00000101. The number of nitrogens with one attached hydrogen (secondary N) is 1. The molecule has 0 saturated carbocycles. The number of sulfone groups is 1. The van der Waals surface area contributed by atoms with E-state index in [4.69, 9.17) is 9.90 Å². The van der Waals surface area contributed by atoms with Crippen LogP contribution in [0.4, 0.5) is 0 Å². The highest BCUT2D eigenvalue weighted by molar-refractivity contribution is 7.91. The average Bonchev–Trinajstić information content (AvgIpc) is 3.25. The maximum absolute atomic E-state index is 12.4. The second kappa shape index (κ2) is 10.2. The number of rotatable bonds is 6. The molecule has 1 amide bonds. The molecule has 3 rings (SSSR count). The Morgan fingerprint density at radius 2 is 2.03 bits per heavy atom.